The maximum Gasteiger partial charge on any atom is 0.238 e. The molecule has 0 radical (unpaired) electrons. The zero-order valence-electron chi connectivity index (χ0n) is 18.9. The standard InChI is InChI=1S/C24H27NO9/c1-11-9-25(10-12(2)32-11)24(13(3)26)34-19-8-15(27)7-18-20(19)21(30)22(31)23(33-18)14-4-5-16(28)17(29)6-14/h4-8,11-13,24,26-29,31H,9-10H2,1-3H3/t11-,12+,13?,24?. The molecule has 0 bridgehead atoms. The zero-order valence-corrected chi connectivity index (χ0v) is 18.9. The number of aromatic hydroxyl groups is 4. The third kappa shape index (κ3) is 4.47. The van der Waals surface area contributed by atoms with E-state index in [-0.39, 0.29) is 51.7 Å². The van der Waals surface area contributed by atoms with Gasteiger partial charge in [0.15, 0.2) is 23.5 Å². The molecule has 10 nitrogen and oxygen atoms in total. The Bertz CT molecular complexity index is 1260. The molecule has 0 aliphatic carbocycles. The summed E-state index contributed by atoms with van der Waals surface area (Å²) in [6.45, 7) is 6.31. The molecule has 1 fully saturated rings. The molecule has 4 atom stereocenters. The first-order valence-corrected chi connectivity index (χ1v) is 10.8. The van der Waals surface area contributed by atoms with Crippen molar-refractivity contribution in [1.29, 1.82) is 0 Å². The number of phenolic OH excluding ortho intramolecular Hbond substituents is 3. The highest BCUT2D eigenvalue weighted by atomic mass is 16.5. The molecule has 1 aliphatic rings. The van der Waals surface area contributed by atoms with E-state index in [9.17, 15) is 30.3 Å². The Morgan fingerprint density at radius 2 is 1.71 bits per heavy atom. The SMILES string of the molecule is CC(O)C(Oc1cc(O)cc2oc(-c3ccc(O)c(O)c3)c(O)c(=O)c12)N1C[C@@H](C)O[C@@H](C)C1. The van der Waals surface area contributed by atoms with Crippen molar-refractivity contribution in [3.8, 4) is 40.1 Å². The van der Waals surface area contributed by atoms with Crippen LogP contribution in [-0.4, -0.2) is 68.1 Å². The van der Waals surface area contributed by atoms with Crippen molar-refractivity contribution in [2.75, 3.05) is 13.1 Å². The van der Waals surface area contributed by atoms with Crippen molar-refractivity contribution in [3.05, 3.63) is 40.6 Å². The molecule has 2 heterocycles. The second-order valence-electron chi connectivity index (χ2n) is 8.59. The molecule has 0 amide bonds. The van der Waals surface area contributed by atoms with Crippen molar-refractivity contribution in [2.45, 2.75) is 45.3 Å². The van der Waals surface area contributed by atoms with Crippen LogP contribution in [-0.2, 0) is 4.74 Å². The molecule has 5 N–H and O–H groups in total. The largest absolute Gasteiger partial charge is 0.508 e. The van der Waals surface area contributed by atoms with Crippen molar-refractivity contribution in [2.24, 2.45) is 0 Å². The van der Waals surface area contributed by atoms with E-state index in [2.05, 4.69) is 0 Å². The predicted octanol–water partition coefficient (Wildman–Crippen LogP) is 2.48. The number of hydrogen-bond acceptors (Lipinski definition) is 10. The van der Waals surface area contributed by atoms with Crippen LogP contribution in [0.2, 0.25) is 0 Å². The molecule has 0 saturated carbocycles. The van der Waals surface area contributed by atoms with Crippen LogP contribution < -0.4 is 10.2 Å². The third-order valence-corrected chi connectivity index (χ3v) is 5.63. The second kappa shape index (κ2) is 9.05. The van der Waals surface area contributed by atoms with E-state index in [4.69, 9.17) is 13.9 Å². The van der Waals surface area contributed by atoms with Crippen molar-refractivity contribution >= 4 is 11.0 Å². The number of rotatable bonds is 5. The van der Waals surface area contributed by atoms with E-state index < -0.39 is 29.3 Å². The summed E-state index contributed by atoms with van der Waals surface area (Å²) < 4.78 is 17.5. The average Bonchev–Trinajstić information content (AvgIpc) is 2.75. The molecule has 3 aromatic rings. The van der Waals surface area contributed by atoms with Gasteiger partial charge in [0, 0.05) is 30.8 Å². The van der Waals surface area contributed by atoms with Crippen molar-refractivity contribution in [3.63, 3.8) is 0 Å². The van der Waals surface area contributed by atoms with E-state index in [1.807, 2.05) is 18.7 Å². The zero-order chi connectivity index (χ0) is 24.7. The molecule has 1 saturated heterocycles. The maximum atomic E-state index is 13.2. The number of nitrogens with zero attached hydrogens (tertiary/aromatic N) is 1. The highest BCUT2D eigenvalue weighted by molar-refractivity contribution is 5.88. The van der Waals surface area contributed by atoms with Crippen LogP contribution in [0.25, 0.3) is 22.3 Å². The molecule has 182 valence electrons. The van der Waals surface area contributed by atoms with Gasteiger partial charge in [-0.3, -0.25) is 9.69 Å². The Kier molecular flexibility index (Phi) is 6.30. The van der Waals surface area contributed by atoms with Gasteiger partial charge in [0.1, 0.15) is 28.6 Å². The fraction of sp³-hybridized carbons (Fsp3) is 0.375. The smallest absolute Gasteiger partial charge is 0.238 e. The van der Waals surface area contributed by atoms with Gasteiger partial charge in [-0.1, -0.05) is 0 Å². The minimum Gasteiger partial charge on any atom is -0.508 e. The predicted molar refractivity (Wildman–Crippen MR) is 122 cm³/mol. The van der Waals surface area contributed by atoms with Gasteiger partial charge in [0.2, 0.25) is 11.2 Å². The summed E-state index contributed by atoms with van der Waals surface area (Å²) in [6, 6.07) is 6.08. The van der Waals surface area contributed by atoms with Gasteiger partial charge < -0.3 is 39.4 Å². The fourth-order valence-electron chi connectivity index (χ4n) is 4.25. The lowest BCUT2D eigenvalue weighted by molar-refractivity contribution is -0.137. The Balaban J connectivity index is 1.81. The number of aliphatic hydroxyl groups excluding tert-OH is 1. The lowest BCUT2D eigenvalue weighted by Gasteiger charge is -2.40. The molecule has 10 heteroatoms. The second-order valence-corrected chi connectivity index (χ2v) is 8.59. The molecule has 34 heavy (non-hydrogen) atoms. The first kappa shape index (κ1) is 23.7. The summed E-state index contributed by atoms with van der Waals surface area (Å²) in [7, 11) is 0. The molecule has 2 unspecified atom stereocenters. The maximum absolute atomic E-state index is 13.2. The molecular formula is C24H27NO9. The van der Waals surface area contributed by atoms with Crippen LogP contribution in [0.5, 0.6) is 28.7 Å². The van der Waals surface area contributed by atoms with Crippen LogP contribution in [0, 0.1) is 0 Å². The van der Waals surface area contributed by atoms with E-state index >= 15 is 0 Å². The third-order valence-electron chi connectivity index (χ3n) is 5.63. The minimum atomic E-state index is -0.963. The van der Waals surface area contributed by atoms with E-state index in [1.165, 1.54) is 24.3 Å². The number of fused-ring (bicyclic) bond motifs is 1. The van der Waals surface area contributed by atoms with E-state index in [1.54, 1.807) is 6.92 Å². The number of ether oxygens (including phenoxy) is 2. The molecular weight excluding hydrogens is 446 g/mol. The number of phenols is 3. The van der Waals surface area contributed by atoms with Crippen molar-refractivity contribution in [1.82, 2.24) is 4.90 Å². The first-order chi connectivity index (χ1) is 16.0. The normalized spacial score (nSPS) is 20.8. The highest BCUT2D eigenvalue weighted by Gasteiger charge is 2.33. The lowest BCUT2D eigenvalue weighted by Crippen LogP contribution is -2.55. The summed E-state index contributed by atoms with van der Waals surface area (Å²) in [5.74, 6) is -2.17. The summed E-state index contributed by atoms with van der Waals surface area (Å²) in [5.41, 5.74) is -0.768. The van der Waals surface area contributed by atoms with Gasteiger partial charge >= 0.3 is 0 Å². The van der Waals surface area contributed by atoms with Crippen molar-refractivity contribution < 1.29 is 39.4 Å². The molecule has 0 spiro atoms. The topological polar surface area (TPSA) is 153 Å². The first-order valence-electron chi connectivity index (χ1n) is 10.8. The average molecular weight is 473 g/mol. The van der Waals surface area contributed by atoms with Crippen LogP contribution in [0.1, 0.15) is 20.8 Å². The van der Waals surface area contributed by atoms with Crippen LogP contribution in [0.3, 0.4) is 0 Å². The van der Waals surface area contributed by atoms with Gasteiger partial charge in [-0.15, -0.1) is 0 Å². The number of aliphatic hydroxyl groups is 1. The van der Waals surface area contributed by atoms with Crippen LogP contribution in [0.4, 0.5) is 0 Å². The summed E-state index contributed by atoms with van der Waals surface area (Å²) >= 11 is 0. The molecule has 1 aliphatic heterocycles. The molecule has 4 rings (SSSR count). The minimum absolute atomic E-state index is 0.0724. The van der Waals surface area contributed by atoms with Gasteiger partial charge in [-0.2, -0.15) is 0 Å². The Morgan fingerprint density at radius 3 is 2.32 bits per heavy atom. The van der Waals surface area contributed by atoms with Gasteiger partial charge in [-0.05, 0) is 39.0 Å². The van der Waals surface area contributed by atoms with E-state index in [0.717, 1.165) is 6.07 Å². The van der Waals surface area contributed by atoms with Crippen LogP contribution >= 0.6 is 0 Å². The van der Waals surface area contributed by atoms with Gasteiger partial charge in [-0.25, -0.2) is 0 Å². The van der Waals surface area contributed by atoms with Crippen LogP contribution in [0.15, 0.2) is 39.5 Å². The summed E-state index contributed by atoms with van der Waals surface area (Å²) in [5, 5.41) is 50.5. The monoisotopic (exact) mass is 473 g/mol. The Labute approximate surface area is 194 Å². The van der Waals surface area contributed by atoms with E-state index in [0.29, 0.717) is 13.1 Å². The van der Waals surface area contributed by atoms with Gasteiger partial charge in [0.05, 0.1) is 12.2 Å². The highest BCUT2D eigenvalue weighted by Crippen LogP contribution is 2.38. The number of benzene rings is 2. The Hall–Kier alpha value is -3.47. The molecule has 2 aromatic carbocycles. The van der Waals surface area contributed by atoms with Gasteiger partial charge in [0.25, 0.3) is 0 Å². The fourth-order valence-corrected chi connectivity index (χ4v) is 4.25. The lowest BCUT2D eigenvalue weighted by atomic mass is 10.1. The number of morpholine rings is 1. The number of hydrogen-bond donors (Lipinski definition) is 5. The summed E-state index contributed by atoms with van der Waals surface area (Å²) in [6.07, 6.45) is -2.04. The Morgan fingerprint density at radius 1 is 1.03 bits per heavy atom. The molecule has 1 aromatic heterocycles. The summed E-state index contributed by atoms with van der Waals surface area (Å²) in [4.78, 5) is 15.0. The quantitative estimate of drug-likeness (QED) is 0.349.